The number of anilines is 1. The van der Waals surface area contributed by atoms with Crippen molar-refractivity contribution in [1.29, 1.82) is 0 Å². The second-order valence-electron chi connectivity index (χ2n) is 5.15. The van der Waals surface area contributed by atoms with Crippen LogP contribution in [0.2, 0.25) is 5.02 Å². The lowest BCUT2D eigenvalue weighted by atomic mass is 10.3. The summed E-state index contributed by atoms with van der Waals surface area (Å²) in [6, 6.07) is 15.3. The molecule has 0 spiro atoms. The van der Waals surface area contributed by atoms with Crippen molar-refractivity contribution >= 4 is 38.8 Å². The van der Waals surface area contributed by atoms with E-state index in [0.717, 1.165) is 0 Å². The molecule has 3 rings (SSSR count). The number of phenolic OH excluding ortho intramolecular Hbond substituents is 1. The molecule has 0 unspecified atom stereocenters. The molecule has 2 N–H and O–H groups in total. The number of benzene rings is 2. The molecule has 3 aromatic rings. The van der Waals surface area contributed by atoms with Crippen LogP contribution in [0.15, 0.2) is 82.0 Å². The lowest BCUT2D eigenvalue weighted by Gasteiger charge is -2.06. The van der Waals surface area contributed by atoms with Gasteiger partial charge >= 0.3 is 0 Å². The number of hydrogen-bond donors (Lipinski definition) is 2. The Morgan fingerprint density at radius 2 is 1.61 bits per heavy atom. The number of rotatable bonds is 5. The summed E-state index contributed by atoms with van der Waals surface area (Å²) in [5.41, 5.74) is 0.923. The molecule has 0 aliphatic carbocycles. The number of phenols is 1. The van der Waals surface area contributed by atoms with Gasteiger partial charge in [0.1, 0.15) is 11.6 Å². The van der Waals surface area contributed by atoms with Gasteiger partial charge in [-0.1, -0.05) is 31.5 Å². The van der Waals surface area contributed by atoms with E-state index in [1.54, 1.807) is 24.3 Å². The molecule has 0 amide bonds. The fourth-order valence-electron chi connectivity index (χ4n) is 1.99. The second-order valence-corrected chi connectivity index (χ2v) is 7.24. The van der Waals surface area contributed by atoms with Crippen molar-refractivity contribution in [3.8, 4) is 5.75 Å². The quantitative estimate of drug-likeness (QED) is 0.519. The standard InChI is InChI=1S/C17H13ClN4O3S.C2H6/c18-15-11-13(6-9-16(15)23)21-20-12-4-7-14(8-5-12)26(24,25)22-17-3-1-2-10-19-17;1-2/h1-11,23H,(H,19,22);1-2H3. The lowest BCUT2D eigenvalue weighted by molar-refractivity contribution is 0.475. The van der Waals surface area contributed by atoms with E-state index in [1.165, 1.54) is 42.6 Å². The first kappa shape index (κ1) is 21.3. The van der Waals surface area contributed by atoms with E-state index in [1.807, 2.05) is 13.8 Å². The van der Waals surface area contributed by atoms with Gasteiger partial charge in [-0.15, -0.1) is 0 Å². The van der Waals surface area contributed by atoms with Crippen LogP contribution >= 0.6 is 11.6 Å². The predicted octanol–water partition coefficient (Wildman–Crippen LogP) is 5.68. The monoisotopic (exact) mass is 418 g/mol. The smallest absolute Gasteiger partial charge is 0.263 e. The van der Waals surface area contributed by atoms with Gasteiger partial charge in [0.15, 0.2) is 0 Å². The molecular weight excluding hydrogens is 400 g/mol. The van der Waals surface area contributed by atoms with Gasteiger partial charge in [0.25, 0.3) is 10.0 Å². The minimum Gasteiger partial charge on any atom is -0.506 e. The highest BCUT2D eigenvalue weighted by Gasteiger charge is 2.14. The second kappa shape index (κ2) is 9.82. The molecule has 0 aliphatic heterocycles. The van der Waals surface area contributed by atoms with E-state index in [0.29, 0.717) is 11.4 Å². The summed E-state index contributed by atoms with van der Waals surface area (Å²) >= 11 is 5.80. The summed E-state index contributed by atoms with van der Waals surface area (Å²) in [4.78, 5) is 4.01. The number of azo groups is 1. The number of aromatic nitrogens is 1. The zero-order valence-corrected chi connectivity index (χ0v) is 16.8. The van der Waals surface area contributed by atoms with E-state index in [4.69, 9.17) is 11.6 Å². The van der Waals surface area contributed by atoms with Gasteiger partial charge < -0.3 is 5.11 Å². The molecular formula is C19H19ClN4O3S. The third-order valence-corrected chi connectivity index (χ3v) is 4.94. The van der Waals surface area contributed by atoms with E-state index in [9.17, 15) is 13.5 Å². The molecule has 0 saturated carbocycles. The molecule has 0 fully saturated rings. The maximum atomic E-state index is 12.3. The Morgan fingerprint density at radius 3 is 2.21 bits per heavy atom. The first-order valence-electron chi connectivity index (χ1n) is 8.38. The third kappa shape index (κ3) is 5.77. The Hall–Kier alpha value is -2.97. The van der Waals surface area contributed by atoms with Crippen LogP contribution in [0.3, 0.4) is 0 Å². The summed E-state index contributed by atoms with van der Waals surface area (Å²) in [5, 5.41) is 17.5. The Labute approximate surface area is 168 Å². The minimum absolute atomic E-state index is 0.0411. The summed E-state index contributed by atoms with van der Waals surface area (Å²) < 4.78 is 27.0. The summed E-state index contributed by atoms with van der Waals surface area (Å²) in [6.07, 6.45) is 1.50. The van der Waals surface area contributed by atoms with Crippen LogP contribution in [0.5, 0.6) is 5.75 Å². The average molecular weight is 419 g/mol. The van der Waals surface area contributed by atoms with Crippen LogP contribution in [0.25, 0.3) is 0 Å². The van der Waals surface area contributed by atoms with Crippen molar-refractivity contribution in [2.45, 2.75) is 18.7 Å². The Kier molecular flexibility index (Phi) is 7.48. The summed E-state index contributed by atoms with van der Waals surface area (Å²) in [6.45, 7) is 4.00. The maximum Gasteiger partial charge on any atom is 0.263 e. The van der Waals surface area contributed by atoms with Crippen LogP contribution in [-0.4, -0.2) is 18.5 Å². The normalized spacial score (nSPS) is 11.0. The van der Waals surface area contributed by atoms with Gasteiger partial charge in [-0.2, -0.15) is 10.2 Å². The van der Waals surface area contributed by atoms with Crippen molar-refractivity contribution in [3.05, 3.63) is 71.9 Å². The predicted molar refractivity (Wildman–Crippen MR) is 110 cm³/mol. The molecule has 1 heterocycles. The van der Waals surface area contributed by atoms with Crippen LogP contribution in [0, 0.1) is 0 Å². The zero-order valence-electron chi connectivity index (χ0n) is 15.2. The molecule has 0 bridgehead atoms. The highest BCUT2D eigenvalue weighted by Crippen LogP contribution is 2.29. The van der Waals surface area contributed by atoms with Crippen LogP contribution in [0.4, 0.5) is 17.2 Å². The zero-order chi connectivity index (χ0) is 20.6. The molecule has 2 aromatic carbocycles. The molecule has 9 heteroatoms. The first-order chi connectivity index (χ1) is 13.4. The first-order valence-corrected chi connectivity index (χ1v) is 10.2. The summed E-state index contributed by atoms with van der Waals surface area (Å²) in [5.74, 6) is 0.195. The van der Waals surface area contributed by atoms with Crippen LogP contribution < -0.4 is 4.72 Å². The third-order valence-electron chi connectivity index (χ3n) is 3.26. The molecule has 0 aliphatic rings. The van der Waals surface area contributed by atoms with E-state index < -0.39 is 10.0 Å². The lowest BCUT2D eigenvalue weighted by Crippen LogP contribution is -2.13. The molecule has 7 nitrogen and oxygen atoms in total. The average Bonchev–Trinajstić information content (AvgIpc) is 2.71. The summed E-state index contributed by atoms with van der Waals surface area (Å²) in [7, 11) is -3.74. The number of aromatic hydroxyl groups is 1. The number of pyridine rings is 1. The van der Waals surface area contributed by atoms with Crippen molar-refractivity contribution < 1.29 is 13.5 Å². The molecule has 28 heavy (non-hydrogen) atoms. The molecule has 146 valence electrons. The maximum absolute atomic E-state index is 12.3. The van der Waals surface area contributed by atoms with Gasteiger partial charge in [0.2, 0.25) is 0 Å². The van der Waals surface area contributed by atoms with Crippen molar-refractivity contribution in [2.75, 3.05) is 4.72 Å². The fourth-order valence-corrected chi connectivity index (χ4v) is 3.17. The van der Waals surface area contributed by atoms with Crippen molar-refractivity contribution in [2.24, 2.45) is 10.2 Å². The van der Waals surface area contributed by atoms with E-state index in [-0.39, 0.29) is 21.5 Å². The van der Waals surface area contributed by atoms with E-state index >= 15 is 0 Å². The molecule has 0 atom stereocenters. The number of halogens is 1. The number of hydrogen-bond acceptors (Lipinski definition) is 6. The van der Waals surface area contributed by atoms with Gasteiger partial charge in [-0.3, -0.25) is 4.72 Å². The van der Waals surface area contributed by atoms with Gasteiger partial charge in [-0.25, -0.2) is 13.4 Å². The topological polar surface area (TPSA) is 104 Å². The van der Waals surface area contributed by atoms with Crippen LogP contribution in [-0.2, 0) is 10.0 Å². The van der Waals surface area contributed by atoms with Gasteiger partial charge in [0.05, 0.1) is 21.3 Å². The number of sulfonamides is 1. The SMILES string of the molecule is CC.O=S(=O)(Nc1ccccn1)c1ccc(N=Nc2ccc(O)c(Cl)c2)cc1. The molecule has 1 aromatic heterocycles. The number of nitrogens with one attached hydrogen (secondary N) is 1. The Morgan fingerprint density at radius 1 is 0.964 bits per heavy atom. The highest BCUT2D eigenvalue weighted by atomic mass is 35.5. The van der Waals surface area contributed by atoms with Crippen molar-refractivity contribution in [3.63, 3.8) is 0 Å². The largest absolute Gasteiger partial charge is 0.506 e. The molecule has 0 radical (unpaired) electrons. The Bertz CT molecular complexity index is 1040. The Balaban J connectivity index is 0.00000136. The minimum atomic E-state index is -3.74. The fraction of sp³-hybridized carbons (Fsp3) is 0.105. The van der Waals surface area contributed by atoms with Gasteiger partial charge in [-0.05, 0) is 54.6 Å². The highest BCUT2D eigenvalue weighted by molar-refractivity contribution is 7.92. The van der Waals surface area contributed by atoms with E-state index in [2.05, 4.69) is 19.9 Å². The van der Waals surface area contributed by atoms with Crippen molar-refractivity contribution in [1.82, 2.24) is 4.98 Å². The number of nitrogens with zero attached hydrogens (tertiary/aromatic N) is 3. The van der Waals surface area contributed by atoms with Crippen LogP contribution in [0.1, 0.15) is 13.8 Å². The van der Waals surface area contributed by atoms with Gasteiger partial charge in [0, 0.05) is 6.20 Å². The molecule has 0 saturated heterocycles.